The Bertz CT molecular complexity index is 596. The van der Waals surface area contributed by atoms with Gasteiger partial charge in [0.05, 0.1) is 0 Å². The maximum Gasteiger partial charge on any atom is 0.225 e. The molecule has 1 fully saturated rings. The quantitative estimate of drug-likeness (QED) is 0.590. The standard InChI is InChI=1S/C16H23BrN6/c1-3-14(2)16(17,23-9-5-8-20-23)22-12-10-21(11-13-22)15-18-6-4-7-19-15/h4-9,14H,3,10-13H2,1-2H3. The SMILES string of the molecule is CCC(C)C(Br)(N1CCN(c2ncccn2)CC1)n1cccn1. The van der Waals surface area contributed by atoms with Crippen LogP contribution in [0.25, 0.3) is 0 Å². The average Bonchev–Trinajstić information content (AvgIpc) is 3.16. The van der Waals surface area contributed by atoms with Crippen LogP contribution in [0, 0.1) is 5.92 Å². The summed E-state index contributed by atoms with van der Waals surface area (Å²) < 4.78 is 1.75. The topological polar surface area (TPSA) is 50.1 Å². The molecule has 0 bridgehead atoms. The van der Waals surface area contributed by atoms with Gasteiger partial charge in [-0.1, -0.05) is 13.8 Å². The van der Waals surface area contributed by atoms with Crippen LogP contribution in [0.15, 0.2) is 36.9 Å². The van der Waals surface area contributed by atoms with E-state index in [1.54, 1.807) is 12.4 Å². The molecule has 2 aromatic heterocycles. The van der Waals surface area contributed by atoms with Gasteiger partial charge in [-0.2, -0.15) is 5.10 Å². The lowest BCUT2D eigenvalue weighted by Gasteiger charge is -2.47. The summed E-state index contributed by atoms with van der Waals surface area (Å²) in [5.74, 6) is 1.25. The minimum atomic E-state index is -0.283. The molecule has 124 valence electrons. The summed E-state index contributed by atoms with van der Waals surface area (Å²) in [4.78, 5) is 13.4. The van der Waals surface area contributed by atoms with Gasteiger partial charge in [-0.15, -0.1) is 0 Å². The van der Waals surface area contributed by atoms with E-state index >= 15 is 0 Å². The Hall–Kier alpha value is -1.47. The monoisotopic (exact) mass is 378 g/mol. The number of aromatic nitrogens is 4. The summed E-state index contributed by atoms with van der Waals surface area (Å²) in [5, 5.41) is 4.50. The molecule has 0 aliphatic carbocycles. The van der Waals surface area contributed by atoms with Crippen LogP contribution in [0.4, 0.5) is 5.95 Å². The fraction of sp³-hybridized carbons (Fsp3) is 0.562. The zero-order chi connectivity index (χ0) is 16.3. The van der Waals surface area contributed by atoms with Gasteiger partial charge in [-0.3, -0.25) is 4.90 Å². The second-order valence-corrected chi connectivity index (χ2v) is 7.09. The lowest BCUT2D eigenvalue weighted by Crippen LogP contribution is -2.58. The van der Waals surface area contributed by atoms with Crippen molar-refractivity contribution in [2.45, 2.75) is 24.8 Å². The summed E-state index contributed by atoms with van der Waals surface area (Å²) >= 11 is 4.01. The number of halogens is 1. The number of alkyl halides is 1. The van der Waals surface area contributed by atoms with E-state index in [4.69, 9.17) is 0 Å². The third-order valence-electron chi connectivity index (χ3n) is 4.62. The smallest absolute Gasteiger partial charge is 0.225 e. The van der Waals surface area contributed by atoms with Crippen molar-refractivity contribution in [2.75, 3.05) is 31.1 Å². The highest BCUT2D eigenvalue weighted by atomic mass is 79.9. The highest BCUT2D eigenvalue weighted by molar-refractivity contribution is 9.09. The van der Waals surface area contributed by atoms with Gasteiger partial charge in [-0.25, -0.2) is 14.6 Å². The van der Waals surface area contributed by atoms with Crippen molar-refractivity contribution in [1.29, 1.82) is 0 Å². The molecule has 2 unspecified atom stereocenters. The van der Waals surface area contributed by atoms with Crippen LogP contribution in [-0.4, -0.2) is 50.8 Å². The first-order valence-corrected chi connectivity index (χ1v) is 8.91. The molecule has 1 saturated heterocycles. The van der Waals surface area contributed by atoms with Gasteiger partial charge in [0.2, 0.25) is 5.95 Å². The van der Waals surface area contributed by atoms with Crippen LogP contribution in [0.5, 0.6) is 0 Å². The molecule has 7 heteroatoms. The molecule has 0 aromatic carbocycles. The molecule has 1 aliphatic rings. The normalized spacial score (nSPS) is 20.2. The Balaban J connectivity index is 1.76. The Kier molecular flexibility index (Phi) is 4.96. The van der Waals surface area contributed by atoms with E-state index in [0.29, 0.717) is 5.92 Å². The molecule has 3 heterocycles. The van der Waals surface area contributed by atoms with Crippen molar-refractivity contribution >= 4 is 21.9 Å². The Labute approximate surface area is 145 Å². The molecule has 2 atom stereocenters. The van der Waals surface area contributed by atoms with Crippen molar-refractivity contribution in [3.63, 3.8) is 0 Å². The molecule has 0 spiro atoms. The number of piperazine rings is 1. The van der Waals surface area contributed by atoms with Gasteiger partial charge < -0.3 is 4.90 Å². The molecule has 0 radical (unpaired) electrons. The number of anilines is 1. The minimum Gasteiger partial charge on any atom is -0.338 e. The third kappa shape index (κ3) is 3.12. The molecule has 0 N–H and O–H groups in total. The minimum absolute atomic E-state index is 0.283. The van der Waals surface area contributed by atoms with E-state index in [1.807, 2.05) is 29.2 Å². The molecule has 3 rings (SSSR count). The maximum absolute atomic E-state index is 4.50. The molecule has 2 aromatic rings. The van der Waals surface area contributed by atoms with Crippen LogP contribution >= 0.6 is 15.9 Å². The van der Waals surface area contributed by atoms with E-state index in [9.17, 15) is 0 Å². The van der Waals surface area contributed by atoms with Crippen molar-refractivity contribution in [3.05, 3.63) is 36.9 Å². The zero-order valence-electron chi connectivity index (χ0n) is 13.6. The van der Waals surface area contributed by atoms with E-state index in [-0.39, 0.29) is 4.57 Å². The van der Waals surface area contributed by atoms with Crippen molar-refractivity contribution in [2.24, 2.45) is 5.92 Å². The van der Waals surface area contributed by atoms with Gasteiger partial charge in [0, 0.05) is 56.9 Å². The predicted molar refractivity (Wildman–Crippen MR) is 94.4 cm³/mol. The molecule has 6 nitrogen and oxygen atoms in total. The number of hydrogen-bond acceptors (Lipinski definition) is 5. The van der Waals surface area contributed by atoms with Crippen molar-refractivity contribution < 1.29 is 0 Å². The molecule has 0 saturated carbocycles. The van der Waals surface area contributed by atoms with E-state index in [0.717, 1.165) is 38.5 Å². The maximum atomic E-state index is 4.50. The summed E-state index contributed by atoms with van der Waals surface area (Å²) in [6, 6.07) is 3.83. The van der Waals surface area contributed by atoms with Crippen molar-refractivity contribution in [1.82, 2.24) is 24.6 Å². The van der Waals surface area contributed by atoms with Crippen LogP contribution in [0.3, 0.4) is 0 Å². The fourth-order valence-electron chi connectivity index (χ4n) is 3.07. The van der Waals surface area contributed by atoms with Crippen molar-refractivity contribution in [3.8, 4) is 0 Å². The first-order valence-electron chi connectivity index (χ1n) is 8.12. The van der Waals surface area contributed by atoms with Gasteiger partial charge in [0.25, 0.3) is 0 Å². The summed E-state index contributed by atoms with van der Waals surface area (Å²) in [7, 11) is 0. The summed E-state index contributed by atoms with van der Waals surface area (Å²) in [6.07, 6.45) is 8.55. The molecular formula is C16H23BrN6. The fourth-order valence-corrected chi connectivity index (χ4v) is 3.96. The van der Waals surface area contributed by atoms with E-state index in [1.165, 1.54) is 0 Å². The highest BCUT2D eigenvalue weighted by Gasteiger charge is 2.42. The first-order chi connectivity index (χ1) is 11.2. The highest BCUT2D eigenvalue weighted by Crippen LogP contribution is 2.39. The molecule has 1 aliphatic heterocycles. The predicted octanol–water partition coefficient (Wildman–Crippen LogP) is 2.55. The van der Waals surface area contributed by atoms with Crippen LogP contribution in [-0.2, 0) is 4.57 Å². The lowest BCUT2D eigenvalue weighted by molar-refractivity contribution is 0.0434. The summed E-state index contributed by atoms with van der Waals surface area (Å²) in [5.41, 5.74) is 0. The average molecular weight is 379 g/mol. The second kappa shape index (κ2) is 6.97. The Morgan fingerprint density at radius 3 is 2.39 bits per heavy atom. The van der Waals surface area contributed by atoms with Gasteiger partial charge in [0.1, 0.15) is 0 Å². The van der Waals surface area contributed by atoms with Gasteiger partial charge in [0.15, 0.2) is 4.57 Å². The number of nitrogens with zero attached hydrogens (tertiary/aromatic N) is 6. The Morgan fingerprint density at radius 2 is 1.83 bits per heavy atom. The second-order valence-electron chi connectivity index (χ2n) is 5.92. The van der Waals surface area contributed by atoms with E-state index < -0.39 is 0 Å². The van der Waals surface area contributed by atoms with Gasteiger partial charge in [-0.05, 0) is 34.5 Å². The van der Waals surface area contributed by atoms with Gasteiger partial charge >= 0.3 is 0 Å². The van der Waals surface area contributed by atoms with Crippen LogP contribution in [0.2, 0.25) is 0 Å². The molecule has 23 heavy (non-hydrogen) atoms. The Morgan fingerprint density at radius 1 is 1.13 bits per heavy atom. The third-order valence-corrected chi connectivity index (χ3v) is 6.27. The molecular weight excluding hydrogens is 356 g/mol. The lowest BCUT2D eigenvalue weighted by atomic mass is 10.0. The zero-order valence-corrected chi connectivity index (χ0v) is 15.2. The van der Waals surface area contributed by atoms with E-state index in [2.05, 4.69) is 54.6 Å². The van der Waals surface area contributed by atoms with Crippen LogP contribution < -0.4 is 4.90 Å². The summed E-state index contributed by atoms with van der Waals surface area (Å²) in [6.45, 7) is 8.19. The van der Waals surface area contributed by atoms with Crippen LogP contribution in [0.1, 0.15) is 20.3 Å². The largest absolute Gasteiger partial charge is 0.338 e. The number of hydrogen-bond donors (Lipinski definition) is 0. The molecule has 0 amide bonds. The first kappa shape index (κ1) is 16.4. The number of rotatable bonds is 5.